The first kappa shape index (κ1) is 22.4. The molecule has 2 aromatic carbocycles. The van der Waals surface area contributed by atoms with Crippen LogP contribution in [0.3, 0.4) is 0 Å². The van der Waals surface area contributed by atoms with E-state index in [1.54, 1.807) is 0 Å². The number of para-hydroxylation sites is 1. The Kier molecular flexibility index (Phi) is 6.73. The number of aromatic amines is 1. The summed E-state index contributed by atoms with van der Waals surface area (Å²) in [5, 5.41) is 14.2. The maximum atomic E-state index is 13.2. The number of rotatable bonds is 7. The van der Waals surface area contributed by atoms with Crippen LogP contribution in [0.2, 0.25) is 0 Å². The van der Waals surface area contributed by atoms with Crippen molar-refractivity contribution in [3.05, 3.63) is 76.7 Å². The van der Waals surface area contributed by atoms with Crippen molar-refractivity contribution >= 4 is 45.6 Å². The number of nitrogens with one attached hydrogen (secondary N) is 3. The van der Waals surface area contributed by atoms with Crippen LogP contribution in [0.15, 0.2) is 65.8 Å². The van der Waals surface area contributed by atoms with Gasteiger partial charge in [-0.1, -0.05) is 60.3 Å². The molecule has 1 aliphatic carbocycles. The molecular formula is C25H23N5O2S2. The molecule has 0 saturated carbocycles. The average Bonchev–Trinajstić information content (AvgIpc) is 3.48. The summed E-state index contributed by atoms with van der Waals surface area (Å²) in [4.78, 5) is 31.6. The number of aryl methyl sites for hydroxylation is 1. The van der Waals surface area contributed by atoms with Gasteiger partial charge in [0, 0.05) is 16.1 Å². The molecule has 0 fully saturated rings. The van der Waals surface area contributed by atoms with E-state index < -0.39 is 0 Å². The molecule has 34 heavy (non-hydrogen) atoms. The molecule has 2 amide bonds. The summed E-state index contributed by atoms with van der Waals surface area (Å²) >= 11 is 2.77. The van der Waals surface area contributed by atoms with Gasteiger partial charge in [-0.2, -0.15) is 0 Å². The summed E-state index contributed by atoms with van der Waals surface area (Å²) in [5.74, 6) is 0.432. The van der Waals surface area contributed by atoms with E-state index in [0.717, 1.165) is 42.5 Å². The third-order valence-corrected chi connectivity index (χ3v) is 7.58. The zero-order valence-corrected chi connectivity index (χ0v) is 20.0. The zero-order chi connectivity index (χ0) is 23.3. The lowest BCUT2D eigenvalue weighted by molar-refractivity contribution is -0.113. The number of anilines is 2. The molecule has 3 N–H and O–H groups in total. The molecule has 0 spiro atoms. The monoisotopic (exact) mass is 489 g/mol. The summed E-state index contributed by atoms with van der Waals surface area (Å²) in [7, 11) is 0. The highest BCUT2D eigenvalue weighted by molar-refractivity contribution is 7.99. The van der Waals surface area contributed by atoms with Crippen molar-refractivity contribution in [3.8, 4) is 11.4 Å². The normalized spacial score (nSPS) is 12.7. The maximum Gasteiger partial charge on any atom is 0.258 e. The Balaban J connectivity index is 1.28. The number of hydrogen-bond donors (Lipinski definition) is 3. The summed E-state index contributed by atoms with van der Waals surface area (Å²) < 4.78 is 0. The van der Waals surface area contributed by atoms with Gasteiger partial charge in [0.15, 0.2) is 5.82 Å². The predicted molar refractivity (Wildman–Crippen MR) is 137 cm³/mol. The van der Waals surface area contributed by atoms with Gasteiger partial charge in [-0.3, -0.25) is 14.7 Å². The van der Waals surface area contributed by atoms with Crippen molar-refractivity contribution in [2.75, 3.05) is 16.4 Å². The molecule has 7 nitrogen and oxygen atoms in total. The van der Waals surface area contributed by atoms with Crippen molar-refractivity contribution in [2.45, 2.75) is 30.8 Å². The van der Waals surface area contributed by atoms with Crippen LogP contribution in [0.5, 0.6) is 0 Å². The van der Waals surface area contributed by atoms with Gasteiger partial charge in [-0.15, -0.1) is 16.4 Å². The molecule has 4 aromatic rings. The minimum absolute atomic E-state index is 0.147. The van der Waals surface area contributed by atoms with Gasteiger partial charge in [0.2, 0.25) is 11.1 Å². The van der Waals surface area contributed by atoms with Crippen LogP contribution in [0.4, 0.5) is 10.7 Å². The van der Waals surface area contributed by atoms with Gasteiger partial charge in [-0.25, -0.2) is 4.98 Å². The van der Waals surface area contributed by atoms with E-state index >= 15 is 0 Å². The van der Waals surface area contributed by atoms with E-state index in [9.17, 15) is 9.59 Å². The number of nitrogens with zero attached hydrogens (tertiary/aromatic N) is 2. The van der Waals surface area contributed by atoms with Gasteiger partial charge >= 0.3 is 0 Å². The van der Waals surface area contributed by atoms with Crippen molar-refractivity contribution in [1.29, 1.82) is 0 Å². The molecule has 0 aliphatic heterocycles. The molecule has 0 atom stereocenters. The van der Waals surface area contributed by atoms with Crippen LogP contribution in [0, 0.1) is 0 Å². The average molecular weight is 490 g/mol. The smallest absolute Gasteiger partial charge is 0.258 e. The number of aromatic nitrogens is 3. The molecule has 0 unspecified atom stereocenters. The number of amides is 2. The molecule has 0 bridgehead atoms. The van der Waals surface area contributed by atoms with Crippen molar-refractivity contribution in [2.24, 2.45) is 0 Å². The fraction of sp³-hybridized carbons (Fsp3) is 0.200. The molecule has 5 rings (SSSR count). The molecular weight excluding hydrogens is 466 g/mol. The second kappa shape index (κ2) is 10.2. The van der Waals surface area contributed by atoms with E-state index in [1.807, 2.05) is 60.7 Å². The summed E-state index contributed by atoms with van der Waals surface area (Å²) in [5.41, 5.74) is 3.32. The number of carbonyl (C=O) groups is 2. The number of benzene rings is 2. The van der Waals surface area contributed by atoms with E-state index in [-0.39, 0.29) is 17.6 Å². The van der Waals surface area contributed by atoms with Crippen molar-refractivity contribution < 1.29 is 9.59 Å². The van der Waals surface area contributed by atoms with E-state index in [1.165, 1.54) is 28.0 Å². The number of H-pyrrole nitrogens is 1. The molecule has 9 heteroatoms. The molecule has 0 saturated heterocycles. The third-order valence-electron chi connectivity index (χ3n) is 5.53. The van der Waals surface area contributed by atoms with E-state index in [0.29, 0.717) is 21.5 Å². The first-order valence-corrected chi connectivity index (χ1v) is 12.9. The quantitative estimate of drug-likeness (QED) is 0.302. The highest BCUT2D eigenvalue weighted by atomic mass is 32.2. The largest absolute Gasteiger partial charge is 0.322 e. The highest BCUT2D eigenvalue weighted by Crippen LogP contribution is 2.38. The maximum absolute atomic E-state index is 13.2. The summed E-state index contributed by atoms with van der Waals surface area (Å²) in [6, 6.07) is 19.1. The summed E-state index contributed by atoms with van der Waals surface area (Å²) in [6.07, 6.45) is 3.95. The minimum Gasteiger partial charge on any atom is -0.322 e. The standard InChI is InChI=1S/C25H23N5O2S2/c31-20(15-33-25-28-22(29-30-25)16-9-3-1-4-10-16)27-24-21(18-13-7-8-14-19(18)34-24)23(32)26-17-11-5-2-6-12-17/h1-6,9-12H,7-8,13-15H2,(H,26,32)(H,27,31)(H,28,29,30). The first-order valence-electron chi connectivity index (χ1n) is 11.1. The lowest BCUT2D eigenvalue weighted by Crippen LogP contribution is -2.19. The number of fused-ring (bicyclic) bond motifs is 1. The van der Waals surface area contributed by atoms with E-state index in [2.05, 4.69) is 25.8 Å². The topological polar surface area (TPSA) is 99.8 Å². The molecule has 2 aromatic heterocycles. The Morgan fingerprint density at radius 3 is 2.50 bits per heavy atom. The fourth-order valence-corrected chi connectivity index (χ4v) is 5.84. The Bertz CT molecular complexity index is 1300. The lowest BCUT2D eigenvalue weighted by atomic mass is 9.95. The highest BCUT2D eigenvalue weighted by Gasteiger charge is 2.26. The lowest BCUT2D eigenvalue weighted by Gasteiger charge is -2.13. The summed E-state index contributed by atoms with van der Waals surface area (Å²) in [6.45, 7) is 0. The van der Waals surface area contributed by atoms with E-state index in [4.69, 9.17) is 0 Å². The fourth-order valence-electron chi connectivity index (χ4n) is 3.94. The zero-order valence-electron chi connectivity index (χ0n) is 18.3. The predicted octanol–water partition coefficient (Wildman–Crippen LogP) is 5.40. The molecule has 2 heterocycles. The van der Waals surface area contributed by atoms with Crippen LogP contribution in [0.25, 0.3) is 11.4 Å². The first-order chi connectivity index (χ1) is 16.7. The van der Waals surface area contributed by atoms with Gasteiger partial charge in [0.05, 0.1) is 11.3 Å². The Hall–Kier alpha value is -3.43. The molecule has 0 radical (unpaired) electrons. The third kappa shape index (κ3) is 5.05. The van der Waals surface area contributed by atoms with Gasteiger partial charge in [0.1, 0.15) is 5.00 Å². The van der Waals surface area contributed by atoms with Crippen LogP contribution in [-0.2, 0) is 17.6 Å². The molecule has 1 aliphatic rings. The van der Waals surface area contributed by atoms with Crippen LogP contribution in [0.1, 0.15) is 33.6 Å². The van der Waals surface area contributed by atoms with Crippen molar-refractivity contribution in [1.82, 2.24) is 15.2 Å². The number of thiophene rings is 1. The van der Waals surface area contributed by atoms with Gasteiger partial charge < -0.3 is 10.6 Å². The number of hydrogen-bond acceptors (Lipinski definition) is 6. The number of carbonyl (C=O) groups excluding carboxylic acids is 2. The van der Waals surface area contributed by atoms with Crippen LogP contribution in [-0.4, -0.2) is 32.7 Å². The number of thioether (sulfide) groups is 1. The van der Waals surface area contributed by atoms with Crippen LogP contribution < -0.4 is 10.6 Å². The van der Waals surface area contributed by atoms with Crippen LogP contribution >= 0.6 is 23.1 Å². The Morgan fingerprint density at radius 1 is 0.971 bits per heavy atom. The minimum atomic E-state index is -0.191. The second-order valence-corrected chi connectivity index (χ2v) is 9.95. The Morgan fingerprint density at radius 2 is 1.71 bits per heavy atom. The Labute approximate surface area is 205 Å². The van der Waals surface area contributed by atoms with Gasteiger partial charge in [-0.05, 0) is 43.4 Å². The van der Waals surface area contributed by atoms with Crippen molar-refractivity contribution in [3.63, 3.8) is 0 Å². The van der Waals surface area contributed by atoms with Gasteiger partial charge in [0.25, 0.3) is 5.91 Å². The second-order valence-electron chi connectivity index (χ2n) is 7.90. The molecule has 172 valence electrons. The SMILES string of the molecule is O=C(CSc1n[nH]c(-c2ccccc2)n1)Nc1sc2c(c1C(=O)Nc1ccccc1)CCCC2.